The molecule has 2 rings (SSSR count). The molecule has 0 aromatic carbocycles. The van der Waals surface area contributed by atoms with E-state index in [9.17, 15) is 4.79 Å². The predicted octanol–water partition coefficient (Wildman–Crippen LogP) is 4.45. The fourth-order valence-corrected chi connectivity index (χ4v) is 3.46. The summed E-state index contributed by atoms with van der Waals surface area (Å²) in [5.74, 6) is 0.0497. The van der Waals surface area contributed by atoms with Crippen LogP contribution in [0.4, 0.5) is 0 Å². The number of rotatable bonds is 6. The minimum absolute atomic E-state index is 0.0497. The van der Waals surface area contributed by atoms with Crippen LogP contribution >= 0.6 is 11.6 Å². The molecule has 1 heterocycles. The SMILES string of the molecule is CCCCn1nc(C)c(C=CC(=O)N(C)C2CCCCC2)c1Cl. The Morgan fingerprint density at radius 3 is 2.74 bits per heavy atom. The third-order valence-electron chi connectivity index (χ3n) is 4.70. The van der Waals surface area contributed by atoms with E-state index in [1.165, 1.54) is 19.3 Å². The van der Waals surface area contributed by atoms with Gasteiger partial charge in [0.2, 0.25) is 5.91 Å². The molecule has 5 heteroatoms. The van der Waals surface area contributed by atoms with Crippen LogP contribution in [0.1, 0.15) is 63.1 Å². The van der Waals surface area contributed by atoms with Gasteiger partial charge in [-0.25, -0.2) is 0 Å². The van der Waals surface area contributed by atoms with Crippen molar-refractivity contribution >= 4 is 23.6 Å². The van der Waals surface area contributed by atoms with Crippen molar-refractivity contribution in [3.63, 3.8) is 0 Å². The Morgan fingerprint density at radius 2 is 2.09 bits per heavy atom. The molecule has 1 saturated carbocycles. The minimum Gasteiger partial charge on any atom is -0.339 e. The average molecular weight is 338 g/mol. The van der Waals surface area contributed by atoms with Crippen molar-refractivity contribution in [2.75, 3.05) is 7.05 Å². The highest BCUT2D eigenvalue weighted by atomic mass is 35.5. The van der Waals surface area contributed by atoms with Gasteiger partial charge >= 0.3 is 0 Å². The molecule has 128 valence electrons. The second-order valence-corrected chi connectivity index (χ2v) is 6.80. The Labute approximate surface area is 144 Å². The van der Waals surface area contributed by atoms with Gasteiger partial charge in [0.25, 0.3) is 0 Å². The molecule has 1 aliphatic rings. The summed E-state index contributed by atoms with van der Waals surface area (Å²) in [5, 5.41) is 5.09. The van der Waals surface area contributed by atoms with Crippen LogP contribution in [0.2, 0.25) is 5.15 Å². The van der Waals surface area contributed by atoms with E-state index in [1.807, 2.05) is 29.6 Å². The van der Waals surface area contributed by atoms with Crippen molar-refractivity contribution in [3.05, 3.63) is 22.5 Å². The molecule has 0 atom stereocenters. The van der Waals surface area contributed by atoms with Crippen LogP contribution in [0.5, 0.6) is 0 Å². The molecular formula is C18H28ClN3O. The molecule has 23 heavy (non-hydrogen) atoms. The number of hydrogen-bond donors (Lipinski definition) is 0. The zero-order valence-corrected chi connectivity index (χ0v) is 15.3. The lowest BCUT2D eigenvalue weighted by Gasteiger charge is -2.30. The number of aryl methyl sites for hydroxylation is 2. The normalized spacial score (nSPS) is 16.2. The van der Waals surface area contributed by atoms with Gasteiger partial charge in [0.1, 0.15) is 5.15 Å². The number of unbranched alkanes of at least 4 members (excludes halogenated alkanes) is 1. The molecule has 0 spiro atoms. The number of carbonyl (C=O) groups excluding carboxylic acids is 1. The minimum atomic E-state index is 0.0497. The first-order valence-corrected chi connectivity index (χ1v) is 9.10. The summed E-state index contributed by atoms with van der Waals surface area (Å²) >= 11 is 6.40. The first-order chi connectivity index (χ1) is 11.0. The number of amides is 1. The Morgan fingerprint density at radius 1 is 1.39 bits per heavy atom. The van der Waals surface area contributed by atoms with Crippen LogP contribution in [-0.2, 0) is 11.3 Å². The van der Waals surface area contributed by atoms with Crippen molar-refractivity contribution in [2.24, 2.45) is 0 Å². The third kappa shape index (κ3) is 4.60. The summed E-state index contributed by atoms with van der Waals surface area (Å²) in [7, 11) is 1.90. The fourth-order valence-electron chi connectivity index (χ4n) is 3.13. The van der Waals surface area contributed by atoms with Crippen LogP contribution in [0.15, 0.2) is 6.08 Å². The first-order valence-electron chi connectivity index (χ1n) is 8.72. The summed E-state index contributed by atoms with van der Waals surface area (Å²) < 4.78 is 1.83. The second kappa shape index (κ2) is 8.53. The third-order valence-corrected chi connectivity index (χ3v) is 5.09. The molecule has 1 aromatic rings. The van der Waals surface area contributed by atoms with Gasteiger partial charge in [-0.15, -0.1) is 0 Å². The van der Waals surface area contributed by atoms with E-state index in [2.05, 4.69) is 12.0 Å². The lowest BCUT2D eigenvalue weighted by atomic mass is 9.94. The van der Waals surface area contributed by atoms with Crippen molar-refractivity contribution in [1.82, 2.24) is 14.7 Å². The molecule has 1 aromatic heterocycles. The zero-order chi connectivity index (χ0) is 16.8. The van der Waals surface area contributed by atoms with Gasteiger partial charge in [0, 0.05) is 31.3 Å². The maximum Gasteiger partial charge on any atom is 0.246 e. The lowest BCUT2D eigenvalue weighted by Crippen LogP contribution is -2.37. The molecule has 0 N–H and O–H groups in total. The van der Waals surface area contributed by atoms with E-state index >= 15 is 0 Å². The molecule has 4 nitrogen and oxygen atoms in total. The molecular weight excluding hydrogens is 310 g/mol. The quantitative estimate of drug-likeness (QED) is 0.719. The maximum atomic E-state index is 12.4. The van der Waals surface area contributed by atoms with Crippen LogP contribution in [-0.4, -0.2) is 33.7 Å². The largest absolute Gasteiger partial charge is 0.339 e. The molecule has 1 amide bonds. The highest BCUT2D eigenvalue weighted by molar-refractivity contribution is 6.31. The topological polar surface area (TPSA) is 38.1 Å². The monoisotopic (exact) mass is 337 g/mol. The lowest BCUT2D eigenvalue weighted by molar-refractivity contribution is -0.127. The van der Waals surface area contributed by atoms with Gasteiger partial charge < -0.3 is 4.90 Å². The van der Waals surface area contributed by atoms with Crippen molar-refractivity contribution < 1.29 is 4.79 Å². The summed E-state index contributed by atoms with van der Waals surface area (Å²) in [4.78, 5) is 14.3. The Kier molecular flexibility index (Phi) is 6.70. The fraction of sp³-hybridized carbons (Fsp3) is 0.667. The van der Waals surface area contributed by atoms with E-state index < -0.39 is 0 Å². The molecule has 0 radical (unpaired) electrons. The highest BCUT2D eigenvalue weighted by Gasteiger charge is 2.20. The van der Waals surface area contributed by atoms with Gasteiger partial charge in [0.15, 0.2) is 0 Å². The number of nitrogens with zero attached hydrogens (tertiary/aromatic N) is 3. The summed E-state index contributed by atoms with van der Waals surface area (Å²) in [6.07, 6.45) is 11.6. The Bertz CT molecular complexity index is 559. The summed E-state index contributed by atoms with van der Waals surface area (Å²) in [5.41, 5.74) is 1.73. The molecule has 0 aliphatic heterocycles. The van der Waals surface area contributed by atoms with Crippen molar-refractivity contribution in [2.45, 2.75) is 71.4 Å². The number of halogens is 1. The molecule has 1 aliphatic carbocycles. The molecule has 1 fully saturated rings. The maximum absolute atomic E-state index is 12.4. The van der Waals surface area contributed by atoms with E-state index in [-0.39, 0.29) is 5.91 Å². The second-order valence-electron chi connectivity index (χ2n) is 6.44. The molecule has 0 bridgehead atoms. The van der Waals surface area contributed by atoms with Gasteiger partial charge in [-0.05, 0) is 32.3 Å². The Balaban J connectivity index is 2.04. The van der Waals surface area contributed by atoms with Gasteiger partial charge in [0.05, 0.1) is 5.69 Å². The summed E-state index contributed by atoms with van der Waals surface area (Å²) in [6.45, 7) is 4.90. The summed E-state index contributed by atoms with van der Waals surface area (Å²) in [6, 6.07) is 0.379. The first kappa shape index (κ1) is 18.1. The van der Waals surface area contributed by atoms with E-state index in [0.717, 1.165) is 43.5 Å². The van der Waals surface area contributed by atoms with Crippen molar-refractivity contribution in [1.29, 1.82) is 0 Å². The van der Waals surface area contributed by atoms with Gasteiger partial charge in [-0.3, -0.25) is 9.48 Å². The van der Waals surface area contributed by atoms with E-state index in [1.54, 1.807) is 6.08 Å². The van der Waals surface area contributed by atoms with Crippen LogP contribution in [0.25, 0.3) is 6.08 Å². The van der Waals surface area contributed by atoms with Crippen LogP contribution < -0.4 is 0 Å². The van der Waals surface area contributed by atoms with Crippen LogP contribution in [0.3, 0.4) is 0 Å². The number of likely N-dealkylation sites (N-methyl/N-ethyl adjacent to an activating group) is 1. The van der Waals surface area contributed by atoms with Gasteiger partial charge in [-0.1, -0.05) is 44.2 Å². The van der Waals surface area contributed by atoms with E-state index in [0.29, 0.717) is 11.2 Å². The number of aromatic nitrogens is 2. The van der Waals surface area contributed by atoms with E-state index in [4.69, 9.17) is 11.6 Å². The highest BCUT2D eigenvalue weighted by Crippen LogP contribution is 2.24. The smallest absolute Gasteiger partial charge is 0.246 e. The average Bonchev–Trinajstić information content (AvgIpc) is 2.84. The predicted molar refractivity (Wildman–Crippen MR) is 95.6 cm³/mol. The standard InChI is InChI=1S/C18H28ClN3O/c1-4-5-13-22-18(19)16(14(2)20-22)11-12-17(23)21(3)15-9-7-6-8-10-15/h11-12,15H,4-10,13H2,1-3H3. The Hall–Kier alpha value is -1.29. The van der Waals surface area contributed by atoms with Crippen LogP contribution in [0, 0.1) is 6.92 Å². The van der Waals surface area contributed by atoms with Gasteiger partial charge in [-0.2, -0.15) is 5.10 Å². The molecule has 0 saturated heterocycles. The molecule has 0 unspecified atom stereocenters. The number of carbonyl (C=O) groups is 1. The zero-order valence-electron chi connectivity index (χ0n) is 14.5. The van der Waals surface area contributed by atoms with Crippen molar-refractivity contribution in [3.8, 4) is 0 Å². The number of hydrogen-bond acceptors (Lipinski definition) is 2.